The number of benzene rings is 1. The molecule has 6 nitrogen and oxygen atoms in total. The van der Waals surface area contributed by atoms with Crippen molar-refractivity contribution in [3.8, 4) is 0 Å². The number of thioether (sulfide) groups is 1. The summed E-state index contributed by atoms with van der Waals surface area (Å²) in [5.41, 5.74) is 1.49. The summed E-state index contributed by atoms with van der Waals surface area (Å²) < 4.78 is 0. The number of amides is 1. The molecule has 0 bridgehead atoms. The summed E-state index contributed by atoms with van der Waals surface area (Å²) in [5, 5.41) is 18.9. The normalized spacial score (nSPS) is 10.8. The first kappa shape index (κ1) is 24.3. The van der Waals surface area contributed by atoms with E-state index in [1.165, 1.54) is 53.3 Å². The van der Waals surface area contributed by atoms with E-state index in [1.807, 2.05) is 23.9 Å². The zero-order valence-corrected chi connectivity index (χ0v) is 20.3. The zero-order chi connectivity index (χ0) is 22.8. The Morgan fingerprint density at radius 2 is 1.97 bits per heavy atom. The first-order valence-corrected chi connectivity index (χ1v) is 13.2. The van der Waals surface area contributed by atoms with Gasteiger partial charge in [-0.3, -0.25) is 10.1 Å². The molecule has 3 rings (SSSR count). The third-order valence-corrected chi connectivity index (χ3v) is 7.63. The quantitative estimate of drug-likeness (QED) is 0.259. The van der Waals surface area contributed by atoms with Crippen LogP contribution in [0, 0.1) is 0 Å². The summed E-state index contributed by atoms with van der Waals surface area (Å²) in [7, 11) is 0. The highest BCUT2D eigenvalue weighted by atomic mass is 32.2. The lowest BCUT2D eigenvalue weighted by Crippen LogP contribution is -2.24. The SMILES string of the molecule is CCCCCCSc1ccccc1NCc1ccc(C(=O)Nc2nc(CC(=O)[O-])cs2)s1. The molecule has 0 saturated heterocycles. The Bertz CT molecular complexity index is 1030. The van der Waals surface area contributed by atoms with Gasteiger partial charge in [0.05, 0.1) is 10.6 Å². The highest BCUT2D eigenvalue weighted by Crippen LogP contribution is 2.29. The molecule has 0 fully saturated rings. The van der Waals surface area contributed by atoms with E-state index in [1.54, 1.807) is 11.4 Å². The van der Waals surface area contributed by atoms with Gasteiger partial charge in [0.15, 0.2) is 5.13 Å². The average molecular weight is 489 g/mol. The van der Waals surface area contributed by atoms with E-state index in [9.17, 15) is 14.7 Å². The fourth-order valence-electron chi connectivity index (χ4n) is 2.98. The van der Waals surface area contributed by atoms with Crippen molar-refractivity contribution in [3.63, 3.8) is 0 Å². The number of nitrogens with zero attached hydrogens (tertiary/aromatic N) is 1. The van der Waals surface area contributed by atoms with Gasteiger partial charge in [0.1, 0.15) is 0 Å². The number of aliphatic carboxylic acids is 1. The number of carboxylic acids is 1. The van der Waals surface area contributed by atoms with Crippen molar-refractivity contribution >= 4 is 57.1 Å². The Balaban J connectivity index is 1.51. The molecule has 1 aromatic carbocycles. The van der Waals surface area contributed by atoms with Crippen LogP contribution in [0.4, 0.5) is 10.8 Å². The molecule has 2 aromatic heterocycles. The minimum Gasteiger partial charge on any atom is -0.550 e. The molecular weight excluding hydrogens is 462 g/mol. The minimum absolute atomic E-state index is 0.251. The fourth-order valence-corrected chi connectivity index (χ4v) is 5.57. The largest absolute Gasteiger partial charge is 0.550 e. The predicted molar refractivity (Wildman–Crippen MR) is 132 cm³/mol. The van der Waals surface area contributed by atoms with Crippen LogP contribution < -0.4 is 15.7 Å². The monoisotopic (exact) mass is 488 g/mol. The van der Waals surface area contributed by atoms with Gasteiger partial charge in [-0.05, 0) is 36.4 Å². The van der Waals surface area contributed by atoms with Crippen molar-refractivity contribution < 1.29 is 14.7 Å². The van der Waals surface area contributed by atoms with Gasteiger partial charge in [0.25, 0.3) is 5.91 Å². The number of hydrogen-bond donors (Lipinski definition) is 2. The van der Waals surface area contributed by atoms with Crippen molar-refractivity contribution in [1.29, 1.82) is 0 Å². The molecule has 0 saturated carbocycles. The number of para-hydroxylation sites is 1. The van der Waals surface area contributed by atoms with Gasteiger partial charge in [-0.2, -0.15) is 0 Å². The number of hydrogen-bond acceptors (Lipinski definition) is 8. The number of thiophene rings is 1. The standard InChI is InChI=1S/C23H27N3O3S3/c1-2-3-4-7-12-30-19-9-6-5-8-18(19)24-14-17-10-11-20(32-17)22(29)26-23-25-16(15-31-23)13-21(27)28/h5-6,8-11,15,24H,2-4,7,12-14H2,1H3,(H,27,28)(H,25,26,29)/p-1. The molecule has 0 spiro atoms. The van der Waals surface area contributed by atoms with Gasteiger partial charge in [-0.15, -0.1) is 34.4 Å². The molecule has 32 heavy (non-hydrogen) atoms. The van der Waals surface area contributed by atoms with Crippen LogP contribution in [0.5, 0.6) is 0 Å². The van der Waals surface area contributed by atoms with Gasteiger partial charge in [-0.1, -0.05) is 38.3 Å². The molecule has 0 radical (unpaired) electrons. The fraction of sp³-hybridized carbons (Fsp3) is 0.348. The Morgan fingerprint density at radius 1 is 1.12 bits per heavy atom. The summed E-state index contributed by atoms with van der Waals surface area (Å²) in [6.45, 7) is 2.86. The minimum atomic E-state index is -1.19. The number of carbonyl (C=O) groups is 2. The van der Waals surface area contributed by atoms with Crippen LogP contribution in [0.25, 0.3) is 0 Å². The number of carboxylic acid groups (broad SMARTS) is 1. The Hall–Kier alpha value is -2.36. The Labute approximate surface area is 200 Å². The molecule has 170 valence electrons. The maximum Gasteiger partial charge on any atom is 0.267 e. The lowest BCUT2D eigenvalue weighted by molar-refractivity contribution is -0.304. The number of unbranched alkanes of at least 4 members (excludes halogenated alkanes) is 3. The van der Waals surface area contributed by atoms with Gasteiger partial charge in [0, 0.05) is 39.8 Å². The van der Waals surface area contributed by atoms with E-state index in [-0.39, 0.29) is 12.3 Å². The summed E-state index contributed by atoms with van der Waals surface area (Å²) in [6.07, 6.45) is 4.77. The third kappa shape index (κ3) is 7.65. The zero-order valence-electron chi connectivity index (χ0n) is 17.9. The number of rotatable bonds is 13. The smallest absolute Gasteiger partial charge is 0.267 e. The molecule has 3 aromatic rings. The number of thiazole rings is 1. The van der Waals surface area contributed by atoms with Crippen molar-refractivity contribution in [2.24, 2.45) is 0 Å². The van der Waals surface area contributed by atoms with E-state index in [2.05, 4.69) is 40.7 Å². The highest BCUT2D eigenvalue weighted by molar-refractivity contribution is 7.99. The molecule has 0 unspecified atom stereocenters. The first-order valence-electron chi connectivity index (χ1n) is 10.5. The van der Waals surface area contributed by atoms with Gasteiger partial charge >= 0.3 is 0 Å². The van der Waals surface area contributed by atoms with Crippen molar-refractivity contribution in [2.75, 3.05) is 16.4 Å². The summed E-state index contributed by atoms with van der Waals surface area (Å²) in [5.74, 6) is -0.331. The van der Waals surface area contributed by atoms with Crippen LogP contribution in [0.3, 0.4) is 0 Å². The molecule has 2 heterocycles. The number of anilines is 2. The van der Waals surface area contributed by atoms with Crippen molar-refractivity contribution in [3.05, 3.63) is 57.2 Å². The first-order chi connectivity index (χ1) is 15.5. The second-order valence-corrected chi connectivity index (χ2v) is 10.3. The van der Waals surface area contributed by atoms with Crippen LogP contribution in [-0.4, -0.2) is 22.6 Å². The Morgan fingerprint density at radius 3 is 2.78 bits per heavy atom. The highest BCUT2D eigenvalue weighted by Gasteiger charge is 2.12. The molecule has 9 heteroatoms. The number of aromatic nitrogens is 1. The van der Waals surface area contributed by atoms with Crippen LogP contribution in [0.15, 0.2) is 46.7 Å². The second-order valence-electron chi connectivity index (χ2n) is 7.17. The number of carbonyl (C=O) groups excluding carboxylic acids is 2. The second kappa shape index (κ2) is 12.6. The Kier molecular flexibility index (Phi) is 9.58. The lowest BCUT2D eigenvalue weighted by Gasteiger charge is -2.11. The van der Waals surface area contributed by atoms with Crippen LogP contribution >= 0.6 is 34.4 Å². The van der Waals surface area contributed by atoms with Crippen molar-refractivity contribution in [2.45, 2.75) is 50.5 Å². The number of nitrogens with one attached hydrogen (secondary N) is 2. The van der Waals surface area contributed by atoms with E-state index in [0.29, 0.717) is 22.2 Å². The maximum absolute atomic E-state index is 12.5. The van der Waals surface area contributed by atoms with Crippen molar-refractivity contribution in [1.82, 2.24) is 4.98 Å². The summed E-state index contributed by atoms with van der Waals surface area (Å²) >= 11 is 4.50. The van der Waals surface area contributed by atoms with Crippen LogP contribution in [-0.2, 0) is 17.8 Å². The maximum atomic E-state index is 12.5. The predicted octanol–water partition coefficient (Wildman–Crippen LogP) is 5.03. The molecule has 2 N–H and O–H groups in total. The molecule has 0 aliphatic heterocycles. The molecular formula is C23H26N3O3S3-. The molecule has 0 atom stereocenters. The molecule has 1 amide bonds. The van der Waals surface area contributed by atoms with Gasteiger partial charge in [0.2, 0.25) is 0 Å². The average Bonchev–Trinajstić information content (AvgIpc) is 3.42. The van der Waals surface area contributed by atoms with E-state index in [4.69, 9.17) is 0 Å². The van der Waals surface area contributed by atoms with E-state index < -0.39 is 5.97 Å². The summed E-state index contributed by atoms with van der Waals surface area (Å²) in [4.78, 5) is 30.1. The van der Waals surface area contributed by atoms with Crippen LogP contribution in [0.2, 0.25) is 0 Å². The van der Waals surface area contributed by atoms with Gasteiger partial charge < -0.3 is 15.2 Å². The molecule has 0 aliphatic carbocycles. The van der Waals surface area contributed by atoms with E-state index >= 15 is 0 Å². The topological polar surface area (TPSA) is 94.2 Å². The third-order valence-electron chi connectivity index (χ3n) is 4.58. The van der Waals surface area contributed by atoms with E-state index in [0.717, 1.165) is 16.3 Å². The van der Waals surface area contributed by atoms with Crippen LogP contribution in [0.1, 0.15) is 52.8 Å². The lowest BCUT2D eigenvalue weighted by atomic mass is 10.2. The molecule has 0 aliphatic rings. The summed E-state index contributed by atoms with van der Waals surface area (Å²) in [6, 6.07) is 12.0. The van der Waals surface area contributed by atoms with Gasteiger partial charge in [-0.25, -0.2) is 4.98 Å².